The molecule has 3 fully saturated rings. The van der Waals surface area contributed by atoms with Crippen molar-refractivity contribution in [3.63, 3.8) is 0 Å². The number of hydrogen-bond acceptors (Lipinski definition) is 15. The summed E-state index contributed by atoms with van der Waals surface area (Å²) in [6.07, 6.45) is -17.3. The Balaban J connectivity index is 1.96. The number of nitrogens with one attached hydrogen (secondary N) is 1. The molecule has 0 aromatic rings. The molecule has 15 atom stereocenters. The SMILES string of the molecule is CNC1C(O)C(O)C(CO)O[C@H]1OC1C(O[C@@H]2C(O)C(O)[C@@H](N=C(N)N)C(O)C2N=C(N)N)OC(C)[C@]1(O)C=O. The van der Waals surface area contributed by atoms with Crippen LogP contribution in [0.5, 0.6) is 0 Å². The number of hydrogen-bond donors (Lipinski definition) is 12. The number of ether oxygens (including phenoxy) is 4. The van der Waals surface area contributed by atoms with Crippen LogP contribution in [0.2, 0.25) is 0 Å². The molecule has 2 saturated heterocycles. The van der Waals surface area contributed by atoms with Crippen LogP contribution in [0.25, 0.3) is 0 Å². The van der Waals surface area contributed by atoms with Gasteiger partial charge in [-0.05, 0) is 14.0 Å². The lowest BCUT2D eigenvalue weighted by atomic mass is 9.81. The highest BCUT2D eigenvalue weighted by molar-refractivity contribution is 5.76. The molecule has 19 heteroatoms. The van der Waals surface area contributed by atoms with Crippen LogP contribution in [0.4, 0.5) is 0 Å². The summed E-state index contributed by atoms with van der Waals surface area (Å²) in [6, 6.07) is -4.08. The fourth-order valence-corrected chi connectivity index (χ4v) is 5.08. The second kappa shape index (κ2) is 12.7. The maximum atomic E-state index is 12.1. The summed E-state index contributed by atoms with van der Waals surface area (Å²) in [5.74, 6) is -1.03. The van der Waals surface area contributed by atoms with E-state index >= 15 is 0 Å². The molecule has 3 aliphatic rings. The smallest absolute Gasteiger partial charge is 0.188 e. The molecule has 0 spiro atoms. The fraction of sp³-hybridized carbons (Fsp3) is 0.857. The minimum atomic E-state index is -2.38. The predicted molar refractivity (Wildman–Crippen MR) is 133 cm³/mol. The predicted octanol–water partition coefficient (Wildman–Crippen LogP) is -8.16. The van der Waals surface area contributed by atoms with Crippen molar-refractivity contribution in [3.05, 3.63) is 0 Å². The minimum absolute atomic E-state index is 0.140. The molecule has 1 aliphatic carbocycles. The third-order valence-corrected chi connectivity index (χ3v) is 7.34. The van der Waals surface area contributed by atoms with Crippen LogP contribution in [0.15, 0.2) is 9.98 Å². The Bertz CT molecular complexity index is 940. The van der Waals surface area contributed by atoms with Gasteiger partial charge in [-0.2, -0.15) is 0 Å². The van der Waals surface area contributed by atoms with Gasteiger partial charge in [-0.1, -0.05) is 0 Å². The van der Waals surface area contributed by atoms with Gasteiger partial charge >= 0.3 is 0 Å². The molecule has 0 aromatic carbocycles. The highest BCUT2D eigenvalue weighted by atomic mass is 16.8. The maximum absolute atomic E-state index is 12.1. The van der Waals surface area contributed by atoms with E-state index in [4.69, 9.17) is 41.9 Å². The number of aldehydes is 1. The van der Waals surface area contributed by atoms with E-state index in [0.717, 1.165) is 0 Å². The summed E-state index contributed by atoms with van der Waals surface area (Å²) in [4.78, 5) is 19.7. The minimum Gasteiger partial charge on any atom is -0.394 e. The van der Waals surface area contributed by atoms with Crippen LogP contribution in [0, 0.1) is 0 Å². The van der Waals surface area contributed by atoms with Gasteiger partial charge in [0.05, 0.1) is 18.8 Å². The zero-order valence-corrected chi connectivity index (χ0v) is 21.7. The first-order chi connectivity index (χ1) is 18.7. The van der Waals surface area contributed by atoms with Crippen molar-refractivity contribution in [3.8, 4) is 0 Å². The maximum Gasteiger partial charge on any atom is 0.188 e. The lowest BCUT2D eigenvalue weighted by Gasteiger charge is -2.45. The van der Waals surface area contributed by atoms with E-state index in [1.54, 1.807) is 0 Å². The lowest BCUT2D eigenvalue weighted by molar-refractivity contribution is -0.314. The van der Waals surface area contributed by atoms with Gasteiger partial charge in [0.15, 0.2) is 36.4 Å². The number of guanidine groups is 2. The van der Waals surface area contributed by atoms with Gasteiger partial charge in [0.2, 0.25) is 0 Å². The number of nitrogens with zero attached hydrogens (tertiary/aromatic N) is 2. The van der Waals surface area contributed by atoms with Gasteiger partial charge < -0.3 is 82.9 Å². The normalized spacial score (nSPS) is 47.4. The van der Waals surface area contributed by atoms with E-state index in [9.17, 15) is 40.5 Å². The van der Waals surface area contributed by atoms with E-state index in [1.807, 2.05) is 0 Å². The first-order valence-corrected chi connectivity index (χ1v) is 12.4. The number of carbonyl (C=O) groups excluding carboxylic acids is 1. The number of aliphatic hydroxyl groups excluding tert-OH is 6. The van der Waals surface area contributed by atoms with Crippen LogP contribution in [-0.4, -0.2) is 159 Å². The van der Waals surface area contributed by atoms with E-state index in [-0.39, 0.29) is 6.29 Å². The third-order valence-electron chi connectivity index (χ3n) is 7.34. The van der Waals surface area contributed by atoms with Crippen molar-refractivity contribution >= 4 is 18.2 Å². The number of aliphatic imine (C=N–C) groups is 2. The van der Waals surface area contributed by atoms with E-state index < -0.39 is 110 Å². The Hall–Kier alpha value is -2.27. The van der Waals surface area contributed by atoms with E-state index in [0.29, 0.717) is 0 Å². The van der Waals surface area contributed by atoms with Gasteiger partial charge in [0.25, 0.3) is 0 Å². The summed E-state index contributed by atoms with van der Waals surface area (Å²) in [5, 5.41) is 76.6. The Morgan fingerprint density at radius 2 is 1.50 bits per heavy atom. The average molecular weight is 582 g/mol. The van der Waals surface area contributed by atoms with Crippen LogP contribution in [0.3, 0.4) is 0 Å². The second-order valence-electron chi connectivity index (χ2n) is 9.89. The molecule has 16 N–H and O–H groups in total. The number of aliphatic hydroxyl groups is 7. The topological polar surface area (TPSA) is 336 Å². The highest BCUT2D eigenvalue weighted by Crippen LogP contribution is 2.38. The Kier molecular flexibility index (Phi) is 10.2. The number of likely N-dealkylation sites (N-methyl/N-ethyl adjacent to an activating group) is 1. The molecule has 1 saturated carbocycles. The molecule has 0 radical (unpaired) electrons. The summed E-state index contributed by atoms with van der Waals surface area (Å²) in [5.41, 5.74) is 19.4. The monoisotopic (exact) mass is 581 g/mol. The lowest BCUT2D eigenvalue weighted by Crippen LogP contribution is -2.66. The molecule has 3 rings (SSSR count). The quantitative estimate of drug-likeness (QED) is 0.0682. The summed E-state index contributed by atoms with van der Waals surface area (Å²) >= 11 is 0. The van der Waals surface area contributed by atoms with Gasteiger partial charge in [-0.25, -0.2) is 9.98 Å². The summed E-state index contributed by atoms with van der Waals surface area (Å²) in [6.45, 7) is 0.620. The van der Waals surface area contributed by atoms with Crippen molar-refractivity contribution in [2.45, 2.75) is 98.2 Å². The molecule has 2 heterocycles. The van der Waals surface area contributed by atoms with E-state index in [2.05, 4.69) is 15.3 Å². The Morgan fingerprint density at radius 1 is 0.900 bits per heavy atom. The third kappa shape index (κ3) is 6.00. The summed E-state index contributed by atoms with van der Waals surface area (Å²) < 4.78 is 22.9. The zero-order chi connectivity index (χ0) is 30.1. The molecule has 0 amide bonds. The molecule has 40 heavy (non-hydrogen) atoms. The highest BCUT2D eigenvalue weighted by Gasteiger charge is 2.60. The number of nitrogens with two attached hydrogens (primary N) is 4. The van der Waals surface area contributed by atoms with Crippen LogP contribution in [0.1, 0.15) is 6.92 Å². The molecular formula is C21H39N7O12. The first-order valence-electron chi connectivity index (χ1n) is 12.4. The Labute approximate surface area is 228 Å². The first kappa shape index (κ1) is 32.2. The molecule has 230 valence electrons. The van der Waals surface area contributed by atoms with Gasteiger partial charge in [-0.15, -0.1) is 0 Å². The molecule has 0 bridgehead atoms. The number of rotatable bonds is 9. The Morgan fingerprint density at radius 3 is 2.02 bits per heavy atom. The fourth-order valence-electron chi connectivity index (χ4n) is 5.08. The van der Waals surface area contributed by atoms with Gasteiger partial charge in [-0.3, -0.25) is 4.79 Å². The van der Waals surface area contributed by atoms with Crippen molar-refractivity contribution in [1.29, 1.82) is 0 Å². The molecular weight excluding hydrogens is 542 g/mol. The van der Waals surface area contributed by atoms with Crippen LogP contribution >= 0.6 is 0 Å². The van der Waals surface area contributed by atoms with Gasteiger partial charge in [0, 0.05) is 0 Å². The number of carbonyl (C=O) groups is 1. The van der Waals surface area contributed by atoms with Crippen molar-refractivity contribution in [2.24, 2.45) is 32.9 Å². The largest absolute Gasteiger partial charge is 0.394 e. The molecule has 0 aromatic heterocycles. The summed E-state index contributed by atoms with van der Waals surface area (Å²) in [7, 11) is 1.42. The van der Waals surface area contributed by atoms with Crippen molar-refractivity contribution < 1.29 is 59.5 Å². The van der Waals surface area contributed by atoms with Gasteiger partial charge in [0.1, 0.15) is 60.9 Å². The molecule has 19 nitrogen and oxygen atoms in total. The van der Waals surface area contributed by atoms with E-state index in [1.165, 1.54) is 14.0 Å². The van der Waals surface area contributed by atoms with Crippen molar-refractivity contribution in [1.82, 2.24) is 5.32 Å². The molecule has 11 unspecified atom stereocenters. The zero-order valence-electron chi connectivity index (χ0n) is 21.7. The second-order valence-corrected chi connectivity index (χ2v) is 9.89. The molecule has 2 aliphatic heterocycles. The standard InChI is InChI=1S/C21H39N7O12/c1-5-21(36,4-30)16(40-17-9(26-2)13(34)10(31)6(3-29)38-17)18(37-5)39-15-8(28-20(24)25)11(32)7(27-19(22)23)12(33)14(15)35/h4-18,26,29,31-36H,3H2,1-2H3,(H4,22,23,27)(H4,24,25,28)/t5?,6?,7-,8?,9?,10?,11?,12?,13?,14?,15-,16?,17-,18?,21+/m0/s1. The van der Waals surface area contributed by atoms with Crippen molar-refractivity contribution in [2.75, 3.05) is 13.7 Å². The average Bonchev–Trinajstić information content (AvgIpc) is 3.13. The van der Waals surface area contributed by atoms with Crippen LogP contribution in [-0.2, 0) is 23.7 Å². The van der Waals surface area contributed by atoms with Crippen LogP contribution < -0.4 is 28.3 Å².